The first-order chi connectivity index (χ1) is 13.1. The van der Waals surface area contributed by atoms with Crippen LogP contribution in [0.4, 0.5) is 0 Å². The summed E-state index contributed by atoms with van der Waals surface area (Å²) < 4.78 is 11.4. The zero-order valence-electron chi connectivity index (χ0n) is 17.1. The molecule has 1 aliphatic heterocycles. The number of rotatable bonds is 5. The highest BCUT2D eigenvalue weighted by Crippen LogP contribution is 2.47. The molecule has 0 amide bonds. The van der Waals surface area contributed by atoms with Crippen LogP contribution in [0.1, 0.15) is 68.9 Å². The van der Waals surface area contributed by atoms with Crippen molar-refractivity contribution < 1.29 is 24.2 Å². The number of aliphatic hydroxyl groups is 1. The summed E-state index contributed by atoms with van der Waals surface area (Å²) in [5.74, 6) is 0.00979. The molecule has 2 heterocycles. The number of ketones is 1. The van der Waals surface area contributed by atoms with Crippen LogP contribution in [0.5, 0.6) is 11.5 Å². The van der Waals surface area contributed by atoms with Crippen LogP contribution in [-0.4, -0.2) is 27.7 Å². The number of phenolic OH excluding ortho intramolecular Hbond substituents is 1. The number of carbonyl (C=O) groups is 1. The van der Waals surface area contributed by atoms with Crippen LogP contribution in [0, 0.1) is 5.92 Å². The lowest BCUT2D eigenvalue weighted by molar-refractivity contribution is -0.0419. The first-order valence-electron chi connectivity index (χ1n) is 9.81. The third-order valence-electron chi connectivity index (χ3n) is 5.25. The molecule has 0 radical (unpaired) electrons. The molecule has 0 bridgehead atoms. The summed E-state index contributed by atoms with van der Waals surface area (Å²) in [5.41, 5.74) is -0.230. The number of ether oxygens (including phenoxy) is 1. The Bertz CT molecular complexity index is 983. The third kappa shape index (κ3) is 3.41. The maximum atomic E-state index is 13.1. The Hall–Kier alpha value is -2.34. The molecule has 0 spiro atoms. The molecule has 6 nitrogen and oxygen atoms in total. The number of benzene rings is 1. The number of fused-ring (bicyclic) bond motifs is 2. The molecule has 6 heteroatoms. The average molecular weight is 388 g/mol. The fourth-order valence-electron chi connectivity index (χ4n) is 3.75. The highest BCUT2D eigenvalue weighted by atomic mass is 16.5. The van der Waals surface area contributed by atoms with Crippen molar-refractivity contribution in [2.24, 2.45) is 5.92 Å². The Balaban J connectivity index is 2.44. The fraction of sp³-hybridized carbons (Fsp3) is 0.545. The molecule has 3 rings (SSSR count). The van der Waals surface area contributed by atoms with Crippen molar-refractivity contribution in [3.63, 3.8) is 0 Å². The van der Waals surface area contributed by atoms with Crippen molar-refractivity contribution >= 4 is 16.8 Å². The van der Waals surface area contributed by atoms with Crippen molar-refractivity contribution in [3.8, 4) is 11.5 Å². The molecule has 1 aromatic carbocycles. The predicted octanol–water partition coefficient (Wildman–Crippen LogP) is 3.75. The minimum absolute atomic E-state index is 0.0741. The van der Waals surface area contributed by atoms with Crippen LogP contribution in [0.3, 0.4) is 0 Å². The number of aliphatic hydroxyl groups excluding tert-OH is 1. The molecule has 28 heavy (non-hydrogen) atoms. The molecule has 2 N–H and O–H groups in total. The zero-order chi connectivity index (χ0) is 20.8. The van der Waals surface area contributed by atoms with Gasteiger partial charge in [-0.25, -0.2) is 4.79 Å². The maximum absolute atomic E-state index is 13.1. The highest BCUT2D eigenvalue weighted by Gasteiger charge is 2.41. The fourth-order valence-corrected chi connectivity index (χ4v) is 3.75. The van der Waals surface area contributed by atoms with Crippen molar-refractivity contribution in [1.82, 2.24) is 0 Å². The number of carbonyl (C=O) groups excluding carboxylic acids is 1. The minimum Gasteiger partial charge on any atom is -0.507 e. The maximum Gasteiger partial charge on any atom is 0.336 e. The third-order valence-corrected chi connectivity index (χ3v) is 5.25. The number of hydrogen-bond donors (Lipinski definition) is 2. The smallest absolute Gasteiger partial charge is 0.336 e. The number of aromatic hydroxyl groups is 1. The Kier molecular flexibility index (Phi) is 5.28. The second-order valence-electron chi connectivity index (χ2n) is 8.52. The molecule has 0 saturated carbocycles. The molecule has 0 aliphatic carbocycles. The summed E-state index contributed by atoms with van der Waals surface area (Å²) in [6.07, 6.45) is 0.871. The van der Waals surface area contributed by atoms with Gasteiger partial charge in [0.1, 0.15) is 22.7 Å². The standard InChI is InChI=1S/C22H28O6/c1-6-7-12-9-16(25)27-21-17(12)19(26)13-10-15(24)22(4,5)28-20(13)18(21)14(23)8-11(2)3/h9,11,15,24,26H,6-8,10H2,1-5H3/t15-/m1/s1. The second kappa shape index (κ2) is 7.24. The van der Waals surface area contributed by atoms with E-state index in [1.807, 2.05) is 20.8 Å². The van der Waals surface area contributed by atoms with Gasteiger partial charge in [-0.3, -0.25) is 4.79 Å². The summed E-state index contributed by atoms with van der Waals surface area (Å²) in [6, 6.07) is 1.36. The molecule has 0 fully saturated rings. The quantitative estimate of drug-likeness (QED) is 0.598. The Morgan fingerprint density at radius 1 is 1.36 bits per heavy atom. The van der Waals surface area contributed by atoms with Gasteiger partial charge in [0.15, 0.2) is 11.4 Å². The Morgan fingerprint density at radius 2 is 2.04 bits per heavy atom. The molecule has 0 saturated heterocycles. The first-order valence-corrected chi connectivity index (χ1v) is 9.81. The molecule has 152 valence electrons. The van der Waals surface area contributed by atoms with Gasteiger partial charge in [0.2, 0.25) is 0 Å². The van der Waals surface area contributed by atoms with Crippen LogP contribution in [0.2, 0.25) is 0 Å². The SMILES string of the molecule is CCCc1cc(=O)oc2c(C(=O)CC(C)C)c3c(c(O)c12)C[C@@H](O)C(C)(C)O3. The lowest BCUT2D eigenvalue weighted by atomic mass is 9.85. The molecule has 0 unspecified atom stereocenters. The second-order valence-corrected chi connectivity index (χ2v) is 8.52. The van der Waals surface area contributed by atoms with E-state index in [-0.39, 0.29) is 47.2 Å². The van der Waals surface area contributed by atoms with E-state index in [1.165, 1.54) is 6.07 Å². The average Bonchev–Trinajstić information content (AvgIpc) is 2.56. The van der Waals surface area contributed by atoms with Gasteiger partial charge >= 0.3 is 5.63 Å². The van der Waals surface area contributed by atoms with Gasteiger partial charge in [0.05, 0.1) is 11.5 Å². The van der Waals surface area contributed by atoms with Gasteiger partial charge < -0.3 is 19.4 Å². The van der Waals surface area contributed by atoms with E-state index in [1.54, 1.807) is 13.8 Å². The van der Waals surface area contributed by atoms with E-state index in [2.05, 4.69) is 0 Å². The monoisotopic (exact) mass is 388 g/mol. The van der Waals surface area contributed by atoms with Crippen molar-refractivity contribution in [3.05, 3.63) is 33.2 Å². The zero-order valence-corrected chi connectivity index (χ0v) is 17.1. The van der Waals surface area contributed by atoms with E-state index in [4.69, 9.17) is 9.15 Å². The summed E-state index contributed by atoms with van der Waals surface area (Å²) in [4.78, 5) is 25.3. The molecular weight excluding hydrogens is 360 g/mol. The van der Waals surface area contributed by atoms with E-state index in [9.17, 15) is 19.8 Å². The minimum atomic E-state index is -0.943. The van der Waals surface area contributed by atoms with Crippen LogP contribution >= 0.6 is 0 Å². The van der Waals surface area contributed by atoms with Gasteiger partial charge in [-0.1, -0.05) is 27.2 Å². The Labute approximate surface area is 164 Å². The van der Waals surface area contributed by atoms with Crippen LogP contribution in [0.15, 0.2) is 15.3 Å². The van der Waals surface area contributed by atoms with Crippen molar-refractivity contribution in [1.29, 1.82) is 0 Å². The topological polar surface area (TPSA) is 97.0 Å². The largest absolute Gasteiger partial charge is 0.507 e. The first kappa shape index (κ1) is 20.4. The van der Waals surface area contributed by atoms with Gasteiger partial charge in [-0.15, -0.1) is 0 Å². The number of aryl methyl sites for hydroxylation is 1. The lowest BCUT2D eigenvalue weighted by Gasteiger charge is -2.38. The molecular formula is C22H28O6. The van der Waals surface area contributed by atoms with Crippen LogP contribution in [-0.2, 0) is 12.8 Å². The predicted molar refractivity (Wildman–Crippen MR) is 106 cm³/mol. The number of phenols is 1. The van der Waals surface area contributed by atoms with Crippen LogP contribution in [0.25, 0.3) is 11.0 Å². The molecule has 1 aromatic heterocycles. The highest BCUT2D eigenvalue weighted by molar-refractivity contribution is 6.11. The molecule has 2 aromatic rings. The summed E-state index contributed by atoms with van der Waals surface area (Å²) >= 11 is 0. The van der Waals surface area contributed by atoms with Gasteiger partial charge in [-0.05, 0) is 31.7 Å². The number of hydrogen-bond acceptors (Lipinski definition) is 6. The summed E-state index contributed by atoms with van der Waals surface area (Å²) in [7, 11) is 0. The van der Waals surface area contributed by atoms with Gasteiger partial charge in [-0.2, -0.15) is 0 Å². The molecule has 1 atom stereocenters. The van der Waals surface area contributed by atoms with Crippen molar-refractivity contribution in [2.75, 3.05) is 0 Å². The summed E-state index contributed by atoms with van der Waals surface area (Å²) in [6.45, 7) is 9.28. The van der Waals surface area contributed by atoms with E-state index < -0.39 is 17.3 Å². The van der Waals surface area contributed by atoms with Gasteiger partial charge in [0.25, 0.3) is 0 Å². The summed E-state index contributed by atoms with van der Waals surface area (Å²) in [5, 5.41) is 21.8. The van der Waals surface area contributed by atoms with Crippen LogP contribution < -0.4 is 10.4 Å². The van der Waals surface area contributed by atoms with E-state index in [0.717, 1.165) is 6.42 Å². The Morgan fingerprint density at radius 3 is 2.64 bits per heavy atom. The lowest BCUT2D eigenvalue weighted by Crippen LogP contribution is -2.46. The van der Waals surface area contributed by atoms with Gasteiger partial charge in [0, 0.05) is 24.5 Å². The molecule has 1 aliphatic rings. The van der Waals surface area contributed by atoms with E-state index >= 15 is 0 Å². The number of Topliss-reactive ketones (excluding diaryl/α,β-unsaturated/α-hetero) is 1. The van der Waals surface area contributed by atoms with Crippen molar-refractivity contribution in [2.45, 2.75) is 72.0 Å². The van der Waals surface area contributed by atoms with E-state index in [0.29, 0.717) is 22.9 Å². The normalized spacial score (nSPS) is 18.2.